The van der Waals surface area contributed by atoms with Crippen LogP contribution in [0.15, 0.2) is 34.3 Å². The summed E-state index contributed by atoms with van der Waals surface area (Å²) in [6.07, 6.45) is 1.24. The van der Waals surface area contributed by atoms with Crippen molar-refractivity contribution in [2.45, 2.75) is 6.92 Å². The Hall–Kier alpha value is -1.77. The van der Waals surface area contributed by atoms with Gasteiger partial charge in [-0.1, -0.05) is 24.3 Å². The van der Waals surface area contributed by atoms with Crippen LogP contribution in [0.3, 0.4) is 0 Å². The van der Waals surface area contributed by atoms with Gasteiger partial charge in [0.2, 0.25) is 0 Å². The fraction of sp³-hybridized carbons (Fsp3) is 0.100. The van der Waals surface area contributed by atoms with Gasteiger partial charge in [0.05, 0.1) is 6.21 Å². The largest absolute Gasteiger partial charge is 0.290 e. The van der Waals surface area contributed by atoms with Gasteiger partial charge >= 0.3 is 0 Å². The molecular formula is C10H8N2O. The number of amidine groups is 1. The number of rotatable bonds is 1. The van der Waals surface area contributed by atoms with Gasteiger partial charge in [-0.2, -0.15) is 4.99 Å². The summed E-state index contributed by atoms with van der Waals surface area (Å²) in [5, 5.41) is 0. The number of aliphatic imine (C=N–C) groups is 2. The van der Waals surface area contributed by atoms with Gasteiger partial charge in [-0.25, -0.2) is 4.99 Å². The van der Waals surface area contributed by atoms with E-state index in [9.17, 15) is 4.79 Å². The highest BCUT2D eigenvalue weighted by molar-refractivity contribution is 6.36. The number of carbonyl (C=O) groups excluding carboxylic acids is 1. The van der Waals surface area contributed by atoms with Crippen LogP contribution >= 0.6 is 0 Å². The zero-order valence-electron chi connectivity index (χ0n) is 7.19. The van der Waals surface area contributed by atoms with E-state index in [0.717, 1.165) is 11.1 Å². The van der Waals surface area contributed by atoms with Crippen LogP contribution in [0.2, 0.25) is 0 Å². The third-order valence-corrected chi connectivity index (χ3v) is 1.90. The van der Waals surface area contributed by atoms with Crippen molar-refractivity contribution >= 4 is 18.0 Å². The summed E-state index contributed by atoms with van der Waals surface area (Å²) in [6.45, 7) is 1.97. The first kappa shape index (κ1) is 7.86. The van der Waals surface area contributed by atoms with Crippen molar-refractivity contribution in [2.24, 2.45) is 9.98 Å². The predicted octanol–water partition coefficient (Wildman–Crippen LogP) is 1.35. The van der Waals surface area contributed by atoms with Gasteiger partial charge < -0.3 is 0 Å². The van der Waals surface area contributed by atoms with Crippen LogP contribution in [0.4, 0.5) is 0 Å². The summed E-state index contributed by atoms with van der Waals surface area (Å²) in [4.78, 5) is 18.5. The summed E-state index contributed by atoms with van der Waals surface area (Å²) in [5.41, 5.74) is 2.00. The van der Waals surface area contributed by atoms with Gasteiger partial charge in [-0.05, 0) is 12.5 Å². The Balaban J connectivity index is 2.48. The molecule has 0 saturated heterocycles. The van der Waals surface area contributed by atoms with Crippen LogP contribution in [-0.2, 0) is 4.79 Å². The molecule has 3 heteroatoms. The zero-order valence-corrected chi connectivity index (χ0v) is 7.19. The minimum absolute atomic E-state index is 0.279. The first-order valence-electron chi connectivity index (χ1n) is 4.00. The molecule has 1 heterocycles. The molecule has 1 aromatic carbocycles. The molecule has 64 valence electrons. The Morgan fingerprint density at radius 3 is 2.62 bits per heavy atom. The SMILES string of the molecule is Cc1ccccc1C1=NC(=O)C=N1. The van der Waals surface area contributed by atoms with Crippen molar-refractivity contribution in [1.82, 2.24) is 0 Å². The molecule has 2 rings (SSSR count). The molecule has 0 bridgehead atoms. The Bertz CT molecular complexity index is 419. The van der Waals surface area contributed by atoms with Crippen molar-refractivity contribution in [3.05, 3.63) is 35.4 Å². The lowest BCUT2D eigenvalue weighted by Crippen LogP contribution is -1.97. The maximum absolute atomic E-state index is 10.8. The number of hydrogen-bond donors (Lipinski definition) is 0. The monoisotopic (exact) mass is 172 g/mol. The molecule has 13 heavy (non-hydrogen) atoms. The molecule has 1 aliphatic heterocycles. The highest BCUT2D eigenvalue weighted by atomic mass is 16.1. The maximum atomic E-state index is 10.8. The Morgan fingerprint density at radius 2 is 2.00 bits per heavy atom. The van der Waals surface area contributed by atoms with Crippen molar-refractivity contribution in [3.8, 4) is 0 Å². The summed E-state index contributed by atoms with van der Waals surface area (Å²) in [6, 6.07) is 7.73. The first-order chi connectivity index (χ1) is 6.27. The molecule has 0 atom stereocenters. The molecule has 1 aliphatic rings. The number of carbonyl (C=O) groups is 1. The number of benzene rings is 1. The second-order valence-electron chi connectivity index (χ2n) is 2.85. The van der Waals surface area contributed by atoms with Crippen LogP contribution < -0.4 is 0 Å². The number of hydrogen-bond acceptors (Lipinski definition) is 2. The lowest BCUT2D eigenvalue weighted by molar-refractivity contribution is -0.111. The lowest BCUT2D eigenvalue weighted by Gasteiger charge is -2.00. The predicted molar refractivity (Wildman–Crippen MR) is 51.2 cm³/mol. The molecule has 0 N–H and O–H groups in total. The summed E-state index contributed by atoms with van der Waals surface area (Å²) < 4.78 is 0. The first-order valence-corrected chi connectivity index (χ1v) is 4.00. The highest BCUT2D eigenvalue weighted by Crippen LogP contribution is 2.11. The molecule has 0 radical (unpaired) electrons. The highest BCUT2D eigenvalue weighted by Gasteiger charge is 2.11. The van der Waals surface area contributed by atoms with E-state index in [1.807, 2.05) is 31.2 Å². The van der Waals surface area contributed by atoms with E-state index in [1.54, 1.807) is 0 Å². The minimum Gasteiger partial charge on any atom is -0.266 e. The van der Waals surface area contributed by atoms with Crippen molar-refractivity contribution in [2.75, 3.05) is 0 Å². The van der Waals surface area contributed by atoms with Gasteiger partial charge in [0, 0.05) is 5.56 Å². The minimum atomic E-state index is -0.279. The maximum Gasteiger partial charge on any atom is 0.290 e. The summed E-state index contributed by atoms with van der Waals surface area (Å²) >= 11 is 0. The lowest BCUT2D eigenvalue weighted by atomic mass is 10.1. The average molecular weight is 172 g/mol. The Kier molecular flexibility index (Phi) is 1.77. The third kappa shape index (κ3) is 1.40. The van der Waals surface area contributed by atoms with E-state index < -0.39 is 0 Å². The smallest absolute Gasteiger partial charge is 0.266 e. The van der Waals surface area contributed by atoms with E-state index in [2.05, 4.69) is 9.98 Å². The van der Waals surface area contributed by atoms with Crippen molar-refractivity contribution < 1.29 is 4.79 Å². The van der Waals surface area contributed by atoms with E-state index in [4.69, 9.17) is 0 Å². The van der Waals surface area contributed by atoms with Crippen LogP contribution in [0.25, 0.3) is 0 Å². The molecule has 3 nitrogen and oxygen atoms in total. The van der Waals surface area contributed by atoms with Gasteiger partial charge in [0.15, 0.2) is 5.84 Å². The number of aryl methyl sites for hydroxylation is 1. The molecule has 0 saturated carbocycles. The average Bonchev–Trinajstić information content (AvgIpc) is 2.53. The molecule has 0 unspecified atom stereocenters. The van der Waals surface area contributed by atoms with Crippen molar-refractivity contribution in [3.63, 3.8) is 0 Å². The van der Waals surface area contributed by atoms with E-state index in [-0.39, 0.29) is 5.91 Å². The van der Waals surface area contributed by atoms with Gasteiger partial charge in [-0.3, -0.25) is 4.79 Å². The molecule has 1 aromatic rings. The zero-order chi connectivity index (χ0) is 9.26. The Labute approximate surface area is 75.8 Å². The van der Waals surface area contributed by atoms with Crippen LogP contribution in [0.1, 0.15) is 11.1 Å². The second-order valence-corrected chi connectivity index (χ2v) is 2.85. The quantitative estimate of drug-likeness (QED) is 0.630. The van der Waals surface area contributed by atoms with Gasteiger partial charge in [0.1, 0.15) is 0 Å². The molecule has 1 amide bonds. The second kappa shape index (κ2) is 2.94. The fourth-order valence-corrected chi connectivity index (χ4v) is 1.23. The van der Waals surface area contributed by atoms with Crippen LogP contribution in [0, 0.1) is 6.92 Å². The molecular weight excluding hydrogens is 164 g/mol. The number of nitrogens with zero attached hydrogens (tertiary/aromatic N) is 2. The Morgan fingerprint density at radius 1 is 1.23 bits per heavy atom. The van der Waals surface area contributed by atoms with Crippen molar-refractivity contribution in [1.29, 1.82) is 0 Å². The summed E-state index contributed by atoms with van der Waals surface area (Å²) in [7, 11) is 0. The van der Waals surface area contributed by atoms with Gasteiger partial charge in [-0.15, -0.1) is 0 Å². The molecule has 0 aliphatic carbocycles. The van der Waals surface area contributed by atoms with E-state index in [0.29, 0.717) is 5.84 Å². The molecule has 0 spiro atoms. The molecule has 0 aromatic heterocycles. The topological polar surface area (TPSA) is 41.8 Å². The fourth-order valence-electron chi connectivity index (χ4n) is 1.23. The number of amides is 1. The van der Waals surface area contributed by atoms with E-state index >= 15 is 0 Å². The van der Waals surface area contributed by atoms with E-state index in [1.165, 1.54) is 6.21 Å². The molecule has 0 fully saturated rings. The summed E-state index contributed by atoms with van der Waals surface area (Å²) in [5.74, 6) is 0.237. The normalized spacial score (nSPS) is 14.8. The van der Waals surface area contributed by atoms with Crippen LogP contribution in [-0.4, -0.2) is 18.0 Å². The standard InChI is InChI=1S/C10H8N2O/c1-7-4-2-3-5-8(7)10-11-6-9(13)12-10/h2-6H,1H3. The third-order valence-electron chi connectivity index (χ3n) is 1.90. The van der Waals surface area contributed by atoms with Gasteiger partial charge in [0.25, 0.3) is 5.91 Å². The van der Waals surface area contributed by atoms with Crippen LogP contribution in [0.5, 0.6) is 0 Å².